The summed E-state index contributed by atoms with van der Waals surface area (Å²) in [6, 6.07) is 8.15. The lowest BCUT2D eigenvalue weighted by Gasteiger charge is -2.17. The van der Waals surface area contributed by atoms with Crippen molar-refractivity contribution in [3.8, 4) is 0 Å². The molecule has 1 aromatic carbocycles. The Balaban J connectivity index is 2.56. The molecule has 0 aliphatic rings. The zero-order chi connectivity index (χ0) is 12.7. The monoisotopic (exact) mass is 255 g/mol. The molecule has 0 saturated heterocycles. The number of rotatable bonds is 7. The molecule has 17 heavy (non-hydrogen) atoms. The minimum atomic E-state index is -2.30. The zero-order valence-corrected chi connectivity index (χ0v) is 10.7. The molecule has 1 unspecified atom stereocenters. The fraction of sp³-hybridized carbons (Fsp3) is 0.333. The van der Waals surface area contributed by atoms with Crippen molar-refractivity contribution in [3.05, 3.63) is 48.2 Å². The fourth-order valence-electron chi connectivity index (χ4n) is 1.61. The van der Waals surface area contributed by atoms with Gasteiger partial charge in [0.1, 0.15) is 0 Å². The first-order chi connectivity index (χ1) is 8.11. The van der Waals surface area contributed by atoms with Crippen LogP contribution in [-0.4, -0.2) is 22.4 Å². The molecule has 0 aliphatic carbocycles. The van der Waals surface area contributed by atoms with Gasteiger partial charge < -0.3 is 19.6 Å². The molecule has 94 valence electrons. The third-order valence-corrected chi connectivity index (χ3v) is 2.69. The maximum Gasteiger partial charge on any atom is 0.327 e. The Hall–Kier alpha value is -0.930. The summed E-state index contributed by atoms with van der Waals surface area (Å²) in [5.41, 5.74) is 2.38. The van der Waals surface area contributed by atoms with Crippen molar-refractivity contribution in [2.24, 2.45) is 0 Å². The lowest BCUT2D eigenvalue weighted by atomic mass is 10.0. The van der Waals surface area contributed by atoms with Crippen molar-refractivity contribution in [2.45, 2.75) is 19.4 Å². The molecule has 1 atom stereocenters. The van der Waals surface area contributed by atoms with Gasteiger partial charge in [-0.25, -0.2) is 0 Å². The molecule has 0 amide bonds. The largest absolute Gasteiger partial charge is 0.386 e. The van der Waals surface area contributed by atoms with E-state index in [0.717, 1.165) is 6.42 Å². The van der Waals surface area contributed by atoms with E-state index in [2.05, 4.69) is 18.0 Å². The molecule has 1 aromatic rings. The number of benzene rings is 1. The molecule has 3 N–H and O–H groups in total. The zero-order valence-electron chi connectivity index (χ0n) is 9.84. The van der Waals surface area contributed by atoms with Gasteiger partial charge in [0.2, 0.25) is 0 Å². The number of nitrogens with one attached hydrogen (secondary N) is 1. The summed E-state index contributed by atoms with van der Waals surface area (Å²) >= 11 is 0. The van der Waals surface area contributed by atoms with E-state index in [-0.39, 0.29) is 12.6 Å². The van der Waals surface area contributed by atoms with Crippen LogP contribution in [0.5, 0.6) is 0 Å². The van der Waals surface area contributed by atoms with Crippen LogP contribution in [0.3, 0.4) is 0 Å². The maximum atomic E-state index is 8.72. The lowest BCUT2D eigenvalue weighted by molar-refractivity contribution is 0.229. The van der Waals surface area contributed by atoms with Crippen LogP contribution >= 0.6 is 8.60 Å². The van der Waals surface area contributed by atoms with Crippen LogP contribution in [0.2, 0.25) is 0 Å². The SMILES string of the molecule is C=CNC(COP(O)O)Cc1cccc(C)c1. The average Bonchev–Trinajstić information content (AvgIpc) is 2.26. The van der Waals surface area contributed by atoms with Crippen LogP contribution in [0.1, 0.15) is 11.1 Å². The predicted octanol–water partition coefficient (Wildman–Crippen LogP) is 1.87. The Labute approximate surface area is 103 Å². The first kappa shape index (κ1) is 14.1. The van der Waals surface area contributed by atoms with Gasteiger partial charge in [-0.05, 0) is 25.1 Å². The summed E-state index contributed by atoms with van der Waals surface area (Å²) in [6.07, 6.45) is 2.33. The minimum absolute atomic E-state index is 0.0152. The van der Waals surface area contributed by atoms with Gasteiger partial charge in [-0.3, -0.25) is 0 Å². The van der Waals surface area contributed by atoms with E-state index in [4.69, 9.17) is 14.3 Å². The second kappa shape index (κ2) is 7.41. The molecule has 0 heterocycles. The highest BCUT2D eigenvalue weighted by atomic mass is 31.2. The molecule has 0 aromatic heterocycles. The Morgan fingerprint density at radius 1 is 1.53 bits per heavy atom. The van der Waals surface area contributed by atoms with E-state index < -0.39 is 8.60 Å². The van der Waals surface area contributed by atoms with E-state index in [0.29, 0.717) is 0 Å². The van der Waals surface area contributed by atoms with Gasteiger partial charge in [0.15, 0.2) is 0 Å². The molecular formula is C12H18NO3P. The summed E-state index contributed by atoms with van der Waals surface area (Å²) < 4.78 is 4.82. The minimum Gasteiger partial charge on any atom is -0.386 e. The first-order valence-corrected chi connectivity index (χ1v) is 6.51. The van der Waals surface area contributed by atoms with E-state index in [1.165, 1.54) is 11.1 Å². The molecule has 0 bridgehead atoms. The van der Waals surface area contributed by atoms with Crippen molar-refractivity contribution >= 4 is 8.60 Å². The number of hydrogen-bond acceptors (Lipinski definition) is 4. The van der Waals surface area contributed by atoms with Crippen molar-refractivity contribution in [3.63, 3.8) is 0 Å². The maximum absolute atomic E-state index is 8.72. The summed E-state index contributed by atoms with van der Waals surface area (Å²) in [6.45, 7) is 5.87. The first-order valence-electron chi connectivity index (χ1n) is 5.35. The Bertz CT molecular complexity index is 357. The Kier molecular flexibility index (Phi) is 6.16. The van der Waals surface area contributed by atoms with Gasteiger partial charge >= 0.3 is 8.60 Å². The van der Waals surface area contributed by atoms with Gasteiger partial charge in [0.25, 0.3) is 0 Å². The summed E-state index contributed by atoms with van der Waals surface area (Å²) in [7, 11) is -2.30. The molecule has 0 radical (unpaired) electrons. The highest BCUT2D eigenvalue weighted by Crippen LogP contribution is 2.24. The molecule has 0 spiro atoms. The van der Waals surface area contributed by atoms with E-state index in [1.807, 2.05) is 25.1 Å². The molecule has 4 nitrogen and oxygen atoms in total. The summed E-state index contributed by atoms with van der Waals surface area (Å²) in [5, 5.41) is 3.03. The van der Waals surface area contributed by atoms with Gasteiger partial charge in [-0.2, -0.15) is 0 Å². The Morgan fingerprint density at radius 3 is 2.88 bits per heavy atom. The third kappa shape index (κ3) is 5.80. The third-order valence-electron chi connectivity index (χ3n) is 2.31. The topological polar surface area (TPSA) is 61.7 Å². The quantitative estimate of drug-likeness (QED) is 0.651. The van der Waals surface area contributed by atoms with E-state index in [1.54, 1.807) is 6.20 Å². The van der Waals surface area contributed by atoms with Crippen LogP contribution in [0.4, 0.5) is 0 Å². The number of hydrogen-bond donors (Lipinski definition) is 3. The van der Waals surface area contributed by atoms with Gasteiger partial charge in [-0.15, -0.1) is 0 Å². The van der Waals surface area contributed by atoms with Crippen molar-refractivity contribution < 1.29 is 14.3 Å². The molecule has 5 heteroatoms. The van der Waals surface area contributed by atoms with Crippen LogP contribution in [0.15, 0.2) is 37.0 Å². The van der Waals surface area contributed by atoms with Crippen molar-refractivity contribution in [1.82, 2.24) is 5.32 Å². The van der Waals surface area contributed by atoms with Crippen molar-refractivity contribution in [1.29, 1.82) is 0 Å². The normalized spacial score (nSPS) is 12.5. The average molecular weight is 255 g/mol. The second-order valence-electron chi connectivity index (χ2n) is 3.81. The summed E-state index contributed by atoms with van der Waals surface area (Å²) in [5.74, 6) is 0. The standard InChI is InChI=1S/C12H18NO3P/c1-3-13-12(9-16-17(14)15)8-11-6-4-5-10(2)7-11/h3-7,12-15H,1,8-9H2,2H3. The fourth-order valence-corrected chi connectivity index (χ4v) is 1.93. The number of aryl methyl sites for hydroxylation is 1. The highest BCUT2D eigenvalue weighted by molar-refractivity contribution is 7.39. The Morgan fingerprint density at radius 2 is 2.29 bits per heavy atom. The molecular weight excluding hydrogens is 237 g/mol. The highest BCUT2D eigenvalue weighted by Gasteiger charge is 2.10. The lowest BCUT2D eigenvalue weighted by Crippen LogP contribution is -2.31. The van der Waals surface area contributed by atoms with Gasteiger partial charge in [0, 0.05) is 0 Å². The van der Waals surface area contributed by atoms with Crippen LogP contribution in [-0.2, 0) is 10.9 Å². The predicted molar refractivity (Wildman–Crippen MR) is 69.3 cm³/mol. The van der Waals surface area contributed by atoms with Gasteiger partial charge in [-0.1, -0.05) is 36.4 Å². The molecule has 0 saturated carbocycles. The molecule has 0 aliphatic heterocycles. The van der Waals surface area contributed by atoms with Crippen LogP contribution in [0.25, 0.3) is 0 Å². The smallest absolute Gasteiger partial charge is 0.327 e. The van der Waals surface area contributed by atoms with Crippen molar-refractivity contribution in [2.75, 3.05) is 6.61 Å². The summed E-state index contributed by atoms with van der Waals surface area (Å²) in [4.78, 5) is 17.4. The molecule has 1 rings (SSSR count). The van der Waals surface area contributed by atoms with E-state index >= 15 is 0 Å². The van der Waals surface area contributed by atoms with Crippen LogP contribution in [0, 0.1) is 6.92 Å². The van der Waals surface area contributed by atoms with Gasteiger partial charge in [0.05, 0.1) is 12.6 Å². The second-order valence-corrected chi connectivity index (χ2v) is 4.57. The van der Waals surface area contributed by atoms with E-state index in [9.17, 15) is 0 Å². The molecule has 0 fully saturated rings. The van der Waals surface area contributed by atoms with Crippen LogP contribution < -0.4 is 5.32 Å².